The zero-order valence-corrected chi connectivity index (χ0v) is 18.7. The van der Waals surface area contributed by atoms with Crippen LogP contribution in [-0.2, 0) is 16.6 Å². The summed E-state index contributed by atoms with van der Waals surface area (Å²) in [4.78, 5) is 17.2. The lowest BCUT2D eigenvalue weighted by Gasteiger charge is -2.17. The number of amides is 1. The van der Waals surface area contributed by atoms with Crippen molar-refractivity contribution >= 4 is 43.2 Å². The van der Waals surface area contributed by atoms with Crippen molar-refractivity contribution in [3.05, 3.63) is 88.9 Å². The smallest absolute Gasteiger partial charge is 0.255 e. The molecule has 1 N–H and O–H groups in total. The fraction of sp³-hybridized carbons (Fsp3) is 0.130. The van der Waals surface area contributed by atoms with E-state index in [0.717, 1.165) is 20.8 Å². The van der Waals surface area contributed by atoms with Crippen LogP contribution in [0.3, 0.4) is 0 Å². The van der Waals surface area contributed by atoms with Gasteiger partial charge in [-0.05, 0) is 55.0 Å². The Balaban J connectivity index is 1.47. The van der Waals surface area contributed by atoms with Gasteiger partial charge in [0.2, 0.25) is 10.0 Å². The first kappa shape index (κ1) is 21.2. The fourth-order valence-electron chi connectivity index (χ4n) is 3.20. The van der Waals surface area contributed by atoms with Gasteiger partial charge in [0.1, 0.15) is 0 Å². The topological polar surface area (TPSA) is 79.4 Å². The van der Waals surface area contributed by atoms with E-state index in [1.807, 2.05) is 49.4 Å². The number of carbonyl (C=O) groups is 1. The summed E-state index contributed by atoms with van der Waals surface area (Å²) in [5, 5.41) is 3.82. The molecule has 1 aromatic heterocycles. The van der Waals surface area contributed by atoms with Crippen LogP contribution >= 0.6 is 11.3 Å². The van der Waals surface area contributed by atoms with Crippen molar-refractivity contribution in [2.75, 3.05) is 12.4 Å². The molecule has 0 aliphatic heterocycles. The number of thiazole rings is 1. The van der Waals surface area contributed by atoms with Crippen LogP contribution in [0.25, 0.3) is 10.2 Å². The quantitative estimate of drug-likeness (QED) is 0.462. The second-order valence-electron chi connectivity index (χ2n) is 7.14. The van der Waals surface area contributed by atoms with Crippen molar-refractivity contribution in [1.82, 2.24) is 9.29 Å². The van der Waals surface area contributed by atoms with E-state index in [0.29, 0.717) is 11.3 Å². The molecule has 3 aromatic carbocycles. The maximum Gasteiger partial charge on any atom is 0.255 e. The van der Waals surface area contributed by atoms with Gasteiger partial charge in [-0.2, -0.15) is 4.31 Å². The summed E-state index contributed by atoms with van der Waals surface area (Å²) in [6, 6.07) is 20.9. The van der Waals surface area contributed by atoms with E-state index in [2.05, 4.69) is 10.3 Å². The molecule has 0 bridgehead atoms. The van der Waals surface area contributed by atoms with Gasteiger partial charge < -0.3 is 5.32 Å². The Hall–Kier alpha value is -3.07. The third-order valence-corrected chi connectivity index (χ3v) is 7.58. The highest BCUT2D eigenvalue weighted by Crippen LogP contribution is 2.25. The number of hydrogen-bond donors (Lipinski definition) is 1. The summed E-state index contributed by atoms with van der Waals surface area (Å²) in [5.41, 5.74) is 2.85. The zero-order valence-electron chi connectivity index (χ0n) is 17.1. The van der Waals surface area contributed by atoms with Crippen molar-refractivity contribution in [2.24, 2.45) is 0 Å². The predicted octanol–water partition coefficient (Wildman–Crippen LogP) is 4.68. The Morgan fingerprint density at radius 1 is 1.03 bits per heavy atom. The van der Waals surface area contributed by atoms with E-state index < -0.39 is 10.0 Å². The van der Waals surface area contributed by atoms with Gasteiger partial charge in [0.15, 0.2) is 0 Å². The first-order chi connectivity index (χ1) is 14.8. The maximum absolute atomic E-state index is 12.9. The van der Waals surface area contributed by atoms with Gasteiger partial charge >= 0.3 is 0 Å². The van der Waals surface area contributed by atoms with Gasteiger partial charge in [0.05, 0.1) is 20.1 Å². The van der Waals surface area contributed by atoms with Crippen molar-refractivity contribution in [3.8, 4) is 0 Å². The summed E-state index contributed by atoms with van der Waals surface area (Å²) in [7, 11) is -2.12. The minimum Gasteiger partial charge on any atom is -0.322 e. The summed E-state index contributed by atoms with van der Waals surface area (Å²) in [5.74, 6) is -0.304. The van der Waals surface area contributed by atoms with Crippen molar-refractivity contribution in [2.45, 2.75) is 18.4 Å². The Morgan fingerprint density at radius 2 is 1.74 bits per heavy atom. The van der Waals surface area contributed by atoms with E-state index in [4.69, 9.17) is 0 Å². The Labute approximate surface area is 185 Å². The number of hydrogen-bond acceptors (Lipinski definition) is 5. The summed E-state index contributed by atoms with van der Waals surface area (Å²) in [6.07, 6.45) is 0. The molecule has 158 valence electrons. The lowest BCUT2D eigenvalue weighted by atomic mass is 10.2. The molecule has 0 spiro atoms. The first-order valence-corrected chi connectivity index (χ1v) is 11.9. The first-order valence-electron chi connectivity index (χ1n) is 9.62. The Morgan fingerprint density at radius 3 is 2.45 bits per heavy atom. The molecule has 4 aromatic rings. The molecule has 31 heavy (non-hydrogen) atoms. The molecule has 0 atom stereocenters. The van der Waals surface area contributed by atoms with Gasteiger partial charge in [-0.15, -0.1) is 11.3 Å². The van der Waals surface area contributed by atoms with E-state index >= 15 is 0 Å². The van der Waals surface area contributed by atoms with E-state index in [1.54, 1.807) is 24.5 Å². The predicted molar refractivity (Wildman–Crippen MR) is 124 cm³/mol. The third kappa shape index (κ3) is 4.66. The lowest BCUT2D eigenvalue weighted by Crippen LogP contribution is -2.26. The standard InChI is InChI=1S/C23H21N3O3S2/c1-16-24-21-13-10-19(14-22(21)30-16)25-23(27)18-8-11-20(12-9-18)31(28,29)26(2)15-17-6-4-3-5-7-17/h3-14H,15H2,1-2H3,(H,25,27). The largest absolute Gasteiger partial charge is 0.322 e. The van der Waals surface area contributed by atoms with Crippen LogP contribution in [0.4, 0.5) is 5.69 Å². The second-order valence-corrected chi connectivity index (χ2v) is 10.4. The minimum atomic E-state index is -3.66. The van der Waals surface area contributed by atoms with Crippen LogP contribution in [0.1, 0.15) is 20.9 Å². The van der Waals surface area contributed by atoms with Gasteiger partial charge in [-0.25, -0.2) is 13.4 Å². The fourth-order valence-corrected chi connectivity index (χ4v) is 5.23. The number of nitrogens with one attached hydrogen (secondary N) is 1. The monoisotopic (exact) mass is 451 g/mol. The number of sulfonamides is 1. The number of fused-ring (bicyclic) bond motifs is 1. The molecule has 0 radical (unpaired) electrons. The molecule has 8 heteroatoms. The molecule has 0 aliphatic rings. The molecule has 1 amide bonds. The zero-order chi connectivity index (χ0) is 22.0. The number of anilines is 1. The van der Waals surface area contributed by atoms with Crippen molar-refractivity contribution in [3.63, 3.8) is 0 Å². The molecule has 0 fully saturated rings. The van der Waals surface area contributed by atoms with Crippen LogP contribution in [-0.4, -0.2) is 30.7 Å². The highest BCUT2D eigenvalue weighted by Gasteiger charge is 2.21. The van der Waals surface area contributed by atoms with Crippen LogP contribution in [0.15, 0.2) is 77.7 Å². The van der Waals surface area contributed by atoms with E-state index in [1.165, 1.54) is 28.6 Å². The third-order valence-electron chi connectivity index (χ3n) is 4.83. The molecule has 0 saturated heterocycles. The number of aryl methyl sites for hydroxylation is 1. The van der Waals surface area contributed by atoms with Crippen LogP contribution in [0.2, 0.25) is 0 Å². The van der Waals surface area contributed by atoms with Crippen molar-refractivity contribution in [1.29, 1.82) is 0 Å². The van der Waals surface area contributed by atoms with Gasteiger partial charge in [0.25, 0.3) is 5.91 Å². The normalized spacial score (nSPS) is 11.7. The Bertz CT molecular complexity index is 1330. The highest BCUT2D eigenvalue weighted by atomic mass is 32.2. The number of rotatable bonds is 6. The number of benzene rings is 3. The number of carbonyl (C=O) groups excluding carboxylic acids is 1. The number of aromatic nitrogens is 1. The van der Waals surface area contributed by atoms with E-state index in [-0.39, 0.29) is 17.3 Å². The van der Waals surface area contributed by atoms with E-state index in [9.17, 15) is 13.2 Å². The average Bonchev–Trinajstić information content (AvgIpc) is 3.13. The average molecular weight is 452 g/mol. The highest BCUT2D eigenvalue weighted by molar-refractivity contribution is 7.89. The van der Waals surface area contributed by atoms with Gasteiger partial charge in [0, 0.05) is 24.8 Å². The minimum absolute atomic E-state index is 0.143. The molecular weight excluding hydrogens is 430 g/mol. The molecule has 6 nitrogen and oxygen atoms in total. The SMILES string of the molecule is Cc1nc2ccc(NC(=O)c3ccc(S(=O)(=O)N(C)Cc4ccccc4)cc3)cc2s1. The number of nitrogens with zero attached hydrogens (tertiary/aromatic N) is 2. The van der Waals surface area contributed by atoms with Crippen LogP contribution < -0.4 is 5.32 Å². The van der Waals surface area contributed by atoms with Crippen molar-refractivity contribution < 1.29 is 13.2 Å². The maximum atomic E-state index is 12.9. The summed E-state index contributed by atoms with van der Waals surface area (Å²) >= 11 is 1.56. The van der Waals surface area contributed by atoms with Crippen LogP contribution in [0, 0.1) is 6.92 Å². The molecule has 0 unspecified atom stereocenters. The molecule has 0 saturated carbocycles. The molecular formula is C23H21N3O3S2. The molecule has 1 heterocycles. The molecule has 0 aliphatic carbocycles. The summed E-state index contributed by atoms with van der Waals surface area (Å²) in [6.45, 7) is 2.21. The van der Waals surface area contributed by atoms with Crippen LogP contribution in [0.5, 0.6) is 0 Å². The summed E-state index contributed by atoms with van der Waals surface area (Å²) < 4.78 is 28.0. The Kier molecular flexibility index (Phi) is 5.86. The molecule has 4 rings (SSSR count). The second kappa shape index (κ2) is 8.58. The van der Waals surface area contributed by atoms with Gasteiger partial charge in [-0.3, -0.25) is 4.79 Å². The van der Waals surface area contributed by atoms with Gasteiger partial charge in [-0.1, -0.05) is 30.3 Å². The lowest BCUT2D eigenvalue weighted by molar-refractivity contribution is 0.102.